The first-order valence-electron chi connectivity index (χ1n) is 8.97. The van der Waals surface area contributed by atoms with Crippen LogP contribution in [-0.2, 0) is 13.0 Å². The van der Waals surface area contributed by atoms with Crippen molar-refractivity contribution in [1.29, 1.82) is 0 Å². The molecule has 2 N–H and O–H groups in total. The number of rotatable bonds is 8. The van der Waals surface area contributed by atoms with Gasteiger partial charge >= 0.3 is 0 Å². The molecular formula is C23H23NO3. The standard InChI is InChI=1S/C23H23NO3/c25-16-20(15-18-9-3-1-4-10-18)24-23(26)22-14-8-7-11-19(22)17-27-21-12-5-2-6-13-21/h1-14,20,25H,15-17H2,(H,24,26). The Kier molecular flexibility index (Phi) is 6.61. The van der Waals surface area contributed by atoms with Gasteiger partial charge in [-0.05, 0) is 30.2 Å². The molecule has 0 heterocycles. The summed E-state index contributed by atoms with van der Waals surface area (Å²) >= 11 is 0. The summed E-state index contributed by atoms with van der Waals surface area (Å²) in [7, 11) is 0. The summed E-state index contributed by atoms with van der Waals surface area (Å²) in [5, 5.41) is 12.6. The fourth-order valence-corrected chi connectivity index (χ4v) is 2.87. The Bertz CT molecular complexity index is 850. The van der Waals surface area contributed by atoms with Crippen LogP contribution in [0.4, 0.5) is 0 Å². The molecule has 0 radical (unpaired) electrons. The predicted octanol–water partition coefficient (Wildman–Crippen LogP) is 3.60. The van der Waals surface area contributed by atoms with E-state index >= 15 is 0 Å². The van der Waals surface area contributed by atoms with Crippen molar-refractivity contribution in [2.45, 2.75) is 19.1 Å². The van der Waals surface area contributed by atoms with Crippen LogP contribution >= 0.6 is 0 Å². The van der Waals surface area contributed by atoms with Crippen LogP contribution in [0.1, 0.15) is 21.5 Å². The van der Waals surface area contributed by atoms with E-state index in [-0.39, 0.29) is 18.6 Å². The lowest BCUT2D eigenvalue weighted by molar-refractivity contribution is 0.0914. The first kappa shape index (κ1) is 18.7. The molecule has 0 bridgehead atoms. The molecule has 1 amide bonds. The number of aliphatic hydroxyl groups excluding tert-OH is 1. The third-order valence-electron chi connectivity index (χ3n) is 4.28. The lowest BCUT2D eigenvalue weighted by Gasteiger charge is -2.18. The Morgan fingerprint density at radius 3 is 2.22 bits per heavy atom. The molecule has 3 aromatic rings. The van der Waals surface area contributed by atoms with E-state index in [4.69, 9.17) is 4.74 Å². The molecule has 0 spiro atoms. The highest BCUT2D eigenvalue weighted by atomic mass is 16.5. The fourth-order valence-electron chi connectivity index (χ4n) is 2.87. The van der Waals surface area contributed by atoms with Crippen LogP contribution in [0.3, 0.4) is 0 Å². The van der Waals surface area contributed by atoms with Crippen LogP contribution in [0, 0.1) is 0 Å². The van der Waals surface area contributed by atoms with E-state index in [1.807, 2.05) is 78.9 Å². The van der Waals surface area contributed by atoms with E-state index < -0.39 is 0 Å². The Morgan fingerprint density at radius 1 is 0.889 bits per heavy atom. The molecule has 3 aromatic carbocycles. The minimum atomic E-state index is -0.344. The van der Waals surface area contributed by atoms with Crippen LogP contribution in [0.2, 0.25) is 0 Å². The van der Waals surface area contributed by atoms with Crippen molar-refractivity contribution in [2.24, 2.45) is 0 Å². The van der Waals surface area contributed by atoms with Crippen molar-refractivity contribution < 1.29 is 14.6 Å². The van der Waals surface area contributed by atoms with Crippen molar-refractivity contribution >= 4 is 5.91 Å². The Balaban J connectivity index is 1.66. The Morgan fingerprint density at radius 2 is 1.52 bits per heavy atom. The van der Waals surface area contributed by atoms with Gasteiger partial charge in [-0.15, -0.1) is 0 Å². The Hall–Kier alpha value is -3.11. The number of para-hydroxylation sites is 1. The summed E-state index contributed by atoms with van der Waals surface area (Å²) in [5.74, 6) is 0.544. The maximum Gasteiger partial charge on any atom is 0.251 e. The molecule has 27 heavy (non-hydrogen) atoms. The number of amides is 1. The van der Waals surface area contributed by atoms with Crippen molar-refractivity contribution in [1.82, 2.24) is 5.32 Å². The quantitative estimate of drug-likeness (QED) is 0.644. The minimum absolute atomic E-state index is 0.122. The van der Waals surface area contributed by atoms with E-state index in [9.17, 15) is 9.90 Å². The molecule has 0 saturated carbocycles. The van der Waals surface area contributed by atoms with Crippen LogP contribution in [0.25, 0.3) is 0 Å². The van der Waals surface area contributed by atoms with Crippen molar-refractivity contribution in [3.8, 4) is 5.75 Å². The highest BCUT2D eigenvalue weighted by Crippen LogP contribution is 2.15. The van der Waals surface area contributed by atoms with Gasteiger partial charge in [0.15, 0.2) is 0 Å². The van der Waals surface area contributed by atoms with Gasteiger partial charge in [0, 0.05) is 11.1 Å². The molecule has 0 aliphatic rings. The van der Waals surface area contributed by atoms with Crippen LogP contribution in [0.5, 0.6) is 5.75 Å². The molecule has 138 valence electrons. The van der Waals surface area contributed by atoms with Crippen molar-refractivity contribution in [2.75, 3.05) is 6.61 Å². The molecule has 0 aliphatic carbocycles. The van der Waals surface area contributed by atoms with Crippen LogP contribution in [-0.4, -0.2) is 23.7 Å². The smallest absolute Gasteiger partial charge is 0.251 e. The van der Waals surface area contributed by atoms with E-state index in [0.717, 1.165) is 16.9 Å². The monoisotopic (exact) mass is 361 g/mol. The fraction of sp³-hybridized carbons (Fsp3) is 0.174. The lowest BCUT2D eigenvalue weighted by Crippen LogP contribution is -2.39. The first-order valence-corrected chi connectivity index (χ1v) is 8.97. The second-order valence-corrected chi connectivity index (χ2v) is 6.30. The average Bonchev–Trinajstić information content (AvgIpc) is 2.73. The van der Waals surface area contributed by atoms with Gasteiger partial charge in [0.05, 0.1) is 12.6 Å². The minimum Gasteiger partial charge on any atom is -0.489 e. The maximum atomic E-state index is 12.8. The molecule has 0 fully saturated rings. The number of ether oxygens (including phenoxy) is 1. The highest BCUT2D eigenvalue weighted by Gasteiger charge is 2.16. The van der Waals surface area contributed by atoms with Gasteiger partial charge < -0.3 is 15.2 Å². The third kappa shape index (κ3) is 5.43. The zero-order valence-corrected chi connectivity index (χ0v) is 15.0. The lowest BCUT2D eigenvalue weighted by atomic mass is 10.0. The molecule has 0 saturated heterocycles. The molecule has 1 atom stereocenters. The topological polar surface area (TPSA) is 58.6 Å². The van der Waals surface area contributed by atoms with Gasteiger partial charge in [-0.2, -0.15) is 0 Å². The molecular weight excluding hydrogens is 338 g/mol. The number of nitrogens with one attached hydrogen (secondary N) is 1. The van der Waals surface area contributed by atoms with E-state index in [1.54, 1.807) is 6.07 Å². The number of carbonyl (C=O) groups excluding carboxylic acids is 1. The predicted molar refractivity (Wildman–Crippen MR) is 106 cm³/mol. The summed E-state index contributed by atoms with van der Waals surface area (Å²) in [4.78, 5) is 12.8. The molecule has 4 nitrogen and oxygen atoms in total. The third-order valence-corrected chi connectivity index (χ3v) is 4.28. The molecule has 0 aromatic heterocycles. The second-order valence-electron chi connectivity index (χ2n) is 6.30. The number of hydrogen-bond donors (Lipinski definition) is 2. The molecule has 4 heteroatoms. The summed E-state index contributed by atoms with van der Waals surface area (Å²) in [6, 6.07) is 26.3. The van der Waals surface area contributed by atoms with Crippen LogP contribution in [0.15, 0.2) is 84.9 Å². The maximum absolute atomic E-state index is 12.8. The van der Waals surface area contributed by atoms with Crippen molar-refractivity contribution in [3.05, 3.63) is 102 Å². The zero-order chi connectivity index (χ0) is 18.9. The molecule has 3 rings (SSSR count). The second kappa shape index (κ2) is 9.55. The molecule has 0 aliphatic heterocycles. The van der Waals surface area contributed by atoms with E-state index in [1.165, 1.54) is 0 Å². The average molecular weight is 361 g/mol. The highest BCUT2D eigenvalue weighted by molar-refractivity contribution is 5.95. The van der Waals surface area contributed by atoms with Crippen LogP contribution < -0.4 is 10.1 Å². The van der Waals surface area contributed by atoms with Gasteiger partial charge in [-0.25, -0.2) is 0 Å². The summed E-state index contributed by atoms with van der Waals surface area (Å²) in [6.07, 6.45) is 0.575. The van der Waals surface area contributed by atoms with Gasteiger partial charge in [-0.3, -0.25) is 4.79 Å². The Labute approximate surface area is 159 Å². The van der Waals surface area contributed by atoms with E-state index in [0.29, 0.717) is 18.6 Å². The van der Waals surface area contributed by atoms with Gasteiger partial charge in [0.25, 0.3) is 5.91 Å². The van der Waals surface area contributed by atoms with Gasteiger partial charge in [0.2, 0.25) is 0 Å². The summed E-state index contributed by atoms with van der Waals surface area (Å²) in [6.45, 7) is 0.180. The number of aliphatic hydroxyl groups is 1. The van der Waals surface area contributed by atoms with Gasteiger partial charge in [-0.1, -0.05) is 66.7 Å². The largest absolute Gasteiger partial charge is 0.489 e. The van der Waals surface area contributed by atoms with Crippen molar-refractivity contribution in [3.63, 3.8) is 0 Å². The molecule has 1 unspecified atom stereocenters. The zero-order valence-electron chi connectivity index (χ0n) is 15.0. The normalized spacial score (nSPS) is 11.6. The summed E-state index contributed by atoms with van der Waals surface area (Å²) < 4.78 is 5.78. The first-order chi connectivity index (χ1) is 13.3. The number of hydrogen-bond acceptors (Lipinski definition) is 3. The van der Waals surface area contributed by atoms with Gasteiger partial charge in [0.1, 0.15) is 12.4 Å². The summed E-state index contributed by atoms with van der Waals surface area (Å²) in [5.41, 5.74) is 2.42. The number of carbonyl (C=O) groups is 1. The SMILES string of the molecule is O=C(NC(CO)Cc1ccccc1)c1ccccc1COc1ccccc1. The van der Waals surface area contributed by atoms with E-state index in [2.05, 4.69) is 5.32 Å². The number of benzene rings is 3.